The predicted molar refractivity (Wildman–Crippen MR) is 180 cm³/mol. The summed E-state index contributed by atoms with van der Waals surface area (Å²) in [5, 5.41) is 32.0. The van der Waals surface area contributed by atoms with Gasteiger partial charge in [0.05, 0.1) is 36.4 Å². The molecule has 0 aliphatic carbocycles. The lowest BCUT2D eigenvalue weighted by Crippen LogP contribution is -2.51. The number of nitrogens with zero attached hydrogens (tertiary/aromatic N) is 2. The minimum absolute atomic E-state index is 0.00271. The third-order valence-corrected chi connectivity index (χ3v) is 9.81. The smallest absolute Gasteiger partial charge is 0.410 e. The highest BCUT2D eigenvalue weighted by Gasteiger charge is 2.47. The Morgan fingerprint density at radius 3 is 2.55 bits per heavy atom. The number of cyclic esters (lactones) is 1. The van der Waals surface area contributed by atoms with Gasteiger partial charge in [-0.2, -0.15) is 0 Å². The number of carbonyl (C=O) groups is 2. The monoisotopic (exact) mass is 664 g/mol. The largest absolute Gasteiger partial charge is 0.457 e. The fraction of sp³-hybridized carbons (Fsp3) is 0.778. The molecule has 3 rings (SSSR count). The van der Waals surface area contributed by atoms with Crippen molar-refractivity contribution in [1.29, 1.82) is 0 Å². The second kappa shape index (κ2) is 17.4. The molecule has 11 heteroatoms. The molecule has 3 N–H and O–H groups in total. The number of likely N-dealkylation sites (N-methyl/N-ethyl adjacent to an activating group) is 1. The second-order valence-corrected chi connectivity index (χ2v) is 14.2. The van der Waals surface area contributed by atoms with E-state index in [1.807, 2.05) is 66.8 Å². The molecule has 0 bridgehead atoms. The summed E-state index contributed by atoms with van der Waals surface area (Å²) in [4.78, 5) is 30.1. The van der Waals surface area contributed by atoms with Crippen molar-refractivity contribution < 1.29 is 43.9 Å². The van der Waals surface area contributed by atoms with Crippen molar-refractivity contribution in [1.82, 2.24) is 9.80 Å². The van der Waals surface area contributed by atoms with E-state index in [2.05, 4.69) is 4.90 Å². The quantitative estimate of drug-likeness (QED) is 0.128. The van der Waals surface area contributed by atoms with Crippen molar-refractivity contribution >= 4 is 12.1 Å². The van der Waals surface area contributed by atoms with Gasteiger partial charge in [-0.1, -0.05) is 45.1 Å². The summed E-state index contributed by atoms with van der Waals surface area (Å²) in [7, 11) is 2.02. The molecule has 47 heavy (non-hydrogen) atoms. The number of ether oxygens (including phenoxy) is 4. The Morgan fingerprint density at radius 1 is 1.23 bits per heavy atom. The van der Waals surface area contributed by atoms with Crippen LogP contribution in [-0.4, -0.2) is 125 Å². The number of hydrogen-bond donors (Lipinski definition) is 3. The maximum atomic E-state index is 13.3. The molecular formula is C36H60N2O9. The molecule has 0 aromatic heterocycles. The predicted octanol–water partition coefficient (Wildman–Crippen LogP) is 4.00. The molecule has 1 amide bonds. The molecule has 0 spiro atoms. The molecule has 3 aliphatic rings. The van der Waals surface area contributed by atoms with Gasteiger partial charge in [0, 0.05) is 51.0 Å². The van der Waals surface area contributed by atoms with E-state index in [-0.39, 0.29) is 36.9 Å². The van der Waals surface area contributed by atoms with Crippen molar-refractivity contribution in [2.45, 2.75) is 128 Å². The molecule has 2 fully saturated rings. The van der Waals surface area contributed by atoms with Crippen molar-refractivity contribution in [3.05, 3.63) is 36.0 Å². The van der Waals surface area contributed by atoms with E-state index in [0.717, 1.165) is 18.7 Å². The van der Waals surface area contributed by atoms with Gasteiger partial charge in [-0.3, -0.25) is 4.79 Å². The lowest BCUT2D eigenvalue weighted by Gasteiger charge is -2.38. The Bertz CT molecular complexity index is 1120. The van der Waals surface area contributed by atoms with E-state index in [4.69, 9.17) is 18.9 Å². The number of esters is 1. The van der Waals surface area contributed by atoms with Crippen LogP contribution in [0.5, 0.6) is 0 Å². The van der Waals surface area contributed by atoms with Crippen LogP contribution >= 0.6 is 0 Å². The second-order valence-electron chi connectivity index (χ2n) is 14.2. The molecule has 0 aromatic rings. The van der Waals surface area contributed by atoms with Gasteiger partial charge in [0.1, 0.15) is 11.7 Å². The normalized spacial score (nSPS) is 34.8. The van der Waals surface area contributed by atoms with Gasteiger partial charge in [0.15, 0.2) is 6.10 Å². The molecule has 3 heterocycles. The van der Waals surface area contributed by atoms with Crippen molar-refractivity contribution in [3.63, 3.8) is 0 Å². The van der Waals surface area contributed by atoms with E-state index >= 15 is 0 Å². The minimum atomic E-state index is -1.14. The van der Waals surface area contributed by atoms with Gasteiger partial charge < -0.3 is 44.1 Å². The molecule has 3 aliphatic heterocycles. The zero-order valence-electron chi connectivity index (χ0n) is 29.8. The summed E-state index contributed by atoms with van der Waals surface area (Å²) in [6.07, 6.45) is 7.06. The third-order valence-electron chi connectivity index (χ3n) is 9.81. The number of aliphatic hydroxyl groups is 3. The van der Waals surface area contributed by atoms with Crippen LogP contribution in [0.15, 0.2) is 36.0 Å². The summed E-state index contributed by atoms with van der Waals surface area (Å²) in [5.41, 5.74) is -1.33. The topological polar surface area (TPSA) is 142 Å². The molecular weight excluding hydrogens is 604 g/mol. The molecule has 2 saturated heterocycles. The first-order chi connectivity index (χ1) is 22.1. The van der Waals surface area contributed by atoms with E-state index in [1.54, 1.807) is 24.0 Å². The average Bonchev–Trinajstić information content (AvgIpc) is 3.77. The zero-order valence-corrected chi connectivity index (χ0v) is 29.8. The standard InChI is InChI=1S/C36H60N2O9/c1-9-28(40)26(5)33-29(45-33)23-35(6,43)16-11-12-24(3)32-25(4)13-14-30(46-34(42)38-20-18-37(8)19-21-38)36(7,44-10-2)17-15-27(39)22-31(41)47-32/h11-14,16,25-30,32-33,39-40,43H,9-10,15,17-23H2,1-8H3/b14-13-,16-11+,24-12+/t25-,26-,27+,28-,29+,30-,32+,33-,35-,36+/m0/s1. The van der Waals surface area contributed by atoms with Crippen molar-refractivity contribution in [2.24, 2.45) is 11.8 Å². The number of carbonyl (C=O) groups excluding carboxylic acids is 2. The lowest BCUT2D eigenvalue weighted by molar-refractivity contribution is -0.152. The van der Waals surface area contributed by atoms with Gasteiger partial charge in [0.2, 0.25) is 0 Å². The highest BCUT2D eigenvalue weighted by molar-refractivity contribution is 5.70. The average molecular weight is 665 g/mol. The first-order valence-corrected chi connectivity index (χ1v) is 17.3. The van der Waals surface area contributed by atoms with E-state index in [9.17, 15) is 24.9 Å². The van der Waals surface area contributed by atoms with E-state index in [1.165, 1.54) is 0 Å². The van der Waals surface area contributed by atoms with Crippen molar-refractivity contribution in [3.8, 4) is 0 Å². The maximum Gasteiger partial charge on any atom is 0.410 e. The van der Waals surface area contributed by atoms with Crippen LogP contribution in [0.4, 0.5) is 4.79 Å². The Balaban J connectivity index is 1.79. The molecule has 0 radical (unpaired) electrons. The maximum absolute atomic E-state index is 13.3. The highest BCUT2D eigenvalue weighted by Crippen LogP contribution is 2.37. The number of piperazine rings is 1. The van der Waals surface area contributed by atoms with E-state index in [0.29, 0.717) is 39.0 Å². The fourth-order valence-electron chi connectivity index (χ4n) is 6.45. The van der Waals surface area contributed by atoms with Crippen LogP contribution < -0.4 is 0 Å². The van der Waals surface area contributed by atoms with E-state index < -0.39 is 47.7 Å². The van der Waals surface area contributed by atoms with Gasteiger partial charge >= 0.3 is 12.1 Å². The number of amides is 1. The number of rotatable bonds is 11. The third kappa shape index (κ3) is 11.7. The van der Waals surface area contributed by atoms with Gasteiger partial charge in [-0.25, -0.2) is 4.79 Å². The van der Waals surface area contributed by atoms with Crippen LogP contribution in [0.1, 0.15) is 80.6 Å². The summed E-state index contributed by atoms with van der Waals surface area (Å²) in [6, 6.07) is 0. The molecule has 0 unspecified atom stereocenters. The number of epoxide rings is 1. The number of allylic oxidation sites excluding steroid dienone is 2. The minimum Gasteiger partial charge on any atom is -0.457 e. The van der Waals surface area contributed by atoms with Crippen LogP contribution in [0, 0.1) is 11.8 Å². The van der Waals surface area contributed by atoms with Crippen LogP contribution in [0.25, 0.3) is 0 Å². The Hall–Kier alpha value is -2.28. The highest BCUT2D eigenvalue weighted by atomic mass is 16.6. The van der Waals surface area contributed by atoms with Crippen LogP contribution in [0.3, 0.4) is 0 Å². The lowest BCUT2D eigenvalue weighted by atomic mass is 9.88. The summed E-state index contributed by atoms with van der Waals surface area (Å²) in [6.45, 7) is 16.2. The first-order valence-electron chi connectivity index (χ1n) is 17.3. The van der Waals surface area contributed by atoms with Gasteiger partial charge in [-0.05, 0) is 65.7 Å². The fourth-order valence-corrected chi connectivity index (χ4v) is 6.45. The molecule has 10 atom stereocenters. The molecule has 0 aromatic carbocycles. The molecule has 268 valence electrons. The molecule has 0 saturated carbocycles. The summed E-state index contributed by atoms with van der Waals surface area (Å²) < 4.78 is 24.0. The Kier molecular flexibility index (Phi) is 14.5. The summed E-state index contributed by atoms with van der Waals surface area (Å²) >= 11 is 0. The molecule has 11 nitrogen and oxygen atoms in total. The zero-order chi connectivity index (χ0) is 34.9. The van der Waals surface area contributed by atoms with Crippen molar-refractivity contribution in [2.75, 3.05) is 39.8 Å². The van der Waals surface area contributed by atoms with Gasteiger partial charge in [0.25, 0.3) is 0 Å². The van der Waals surface area contributed by atoms with Gasteiger partial charge in [-0.15, -0.1) is 0 Å². The Morgan fingerprint density at radius 2 is 1.91 bits per heavy atom. The Labute approximate surface area is 281 Å². The summed E-state index contributed by atoms with van der Waals surface area (Å²) in [5.74, 6) is -0.830. The SMILES string of the molecule is CCO[C@]1(C)CC[C@@H](O)CC(=O)O[C@H](/C(C)=C/C=C/[C@](C)(O)C[C@H]2O[C@H]2[C@@H](C)[C@@H](O)CC)[C@@H](C)/C=C\[C@@H]1OC(=O)N1CCN(C)CC1. The van der Waals surface area contributed by atoms with Crippen LogP contribution in [0.2, 0.25) is 0 Å². The number of hydrogen-bond acceptors (Lipinski definition) is 10. The van der Waals surface area contributed by atoms with Crippen LogP contribution in [-0.2, 0) is 23.7 Å². The first kappa shape index (κ1) is 39.2. The number of aliphatic hydroxyl groups excluding tert-OH is 2.